The van der Waals surface area contributed by atoms with Crippen LogP contribution in [0.5, 0.6) is 5.75 Å². The van der Waals surface area contributed by atoms with Gasteiger partial charge in [0.15, 0.2) is 6.61 Å². The number of amides is 1. The Morgan fingerprint density at radius 1 is 1.17 bits per heavy atom. The standard InChI is InChI=1S/C20H20ClF3N2O3/c21-16-4-5-18(29-13-20(22,23)24)17(11-16)25-19(27)15-3-1-2-14(10-15)12-26-6-8-28-9-7-26/h1-5,10-11H,6-9,12-13H2,(H,25,27). The second kappa shape index (κ2) is 9.47. The third kappa shape index (κ3) is 6.62. The summed E-state index contributed by atoms with van der Waals surface area (Å²) in [6.07, 6.45) is -4.49. The Morgan fingerprint density at radius 2 is 1.93 bits per heavy atom. The number of morpholine rings is 1. The van der Waals surface area contributed by atoms with Crippen molar-refractivity contribution in [1.29, 1.82) is 0 Å². The van der Waals surface area contributed by atoms with Crippen molar-refractivity contribution in [3.63, 3.8) is 0 Å². The molecule has 0 radical (unpaired) electrons. The van der Waals surface area contributed by atoms with E-state index in [4.69, 9.17) is 21.1 Å². The molecule has 9 heteroatoms. The molecule has 1 heterocycles. The zero-order valence-electron chi connectivity index (χ0n) is 15.5. The fourth-order valence-corrected chi connectivity index (χ4v) is 3.08. The van der Waals surface area contributed by atoms with Gasteiger partial charge in [0.1, 0.15) is 5.75 Å². The number of rotatable bonds is 6. The summed E-state index contributed by atoms with van der Waals surface area (Å²) in [6, 6.07) is 11.1. The normalized spacial score (nSPS) is 15.2. The van der Waals surface area contributed by atoms with Gasteiger partial charge in [0.2, 0.25) is 0 Å². The summed E-state index contributed by atoms with van der Waals surface area (Å²) >= 11 is 5.93. The van der Waals surface area contributed by atoms with E-state index in [-0.39, 0.29) is 16.5 Å². The molecule has 0 aromatic heterocycles. The van der Waals surface area contributed by atoms with Crippen molar-refractivity contribution in [3.05, 3.63) is 58.6 Å². The minimum Gasteiger partial charge on any atom is -0.482 e. The van der Waals surface area contributed by atoms with Crippen LogP contribution in [0.2, 0.25) is 5.02 Å². The Hall–Kier alpha value is -2.29. The molecule has 1 N–H and O–H groups in total. The molecule has 1 aliphatic heterocycles. The molecule has 2 aromatic carbocycles. The number of nitrogens with one attached hydrogen (secondary N) is 1. The summed E-state index contributed by atoms with van der Waals surface area (Å²) in [4.78, 5) is 14.9. The first-order valence-electron chi connectivity index (χ1n) is 9.00. The molecule has 5 nitrogen and oxygen atoms in total. The Balaban J connectivity index is 1.71. The molecule has 2 aromatic rings. The number of ether oxygens (including phenoxy) is 2. The number of carbonyl (C=O) groups is 1. The van der Waals surface area contributed by atoms with E-state index >= 15 is 0 Å². The molecule has 29 heavy (non-hydrogen) atoms. The van der Waals surface area contributed by atoms with Crippen molar-refractivity contribution in [3.8, 4) is 5.75 Å². The second-order valence-corrected chi connectivity index (χ2v) is 7.02. The average Bonchev–Trinajstić information content (AvgIpc) is 2.67. The molecule has 1 aliphatic rings. The van der Waals surface area contributed by atoms with Crippen LogP contribution in [0.1, 0.15) is 15.9 Å². The van der Waals surface area contributed by atoms with Gasteiger partial charge in [0.05, 0.1) is 18.9 Å². The number of hydrogen-bond acceptors (Lipinski definition) is 4. The first kappa shape index (κ1) is 21.4. The molecule has 0 saturated carbocycles. The molecule has 156 valence electrons. The highest BCUT2D eigenvalue weighted by Gasteiger charge is 2.29. The number of benzene rings is 2. The van der Waals surface area contributed by atoms with Crippen molar-refractivity contribution < 1.29 is 27.4 Å². The summed E-state index contributed by atoms with van der Waals surface area (Å²) in [5, 5.41) is 2.85. The van der Waals surface area contributed by atoms with Gasteiger partial charge >= 0.3 is 6.18 Å². The predicted octanol–water partition coefficient (Wildman–Crippen LogP) is 4.37. The smallest absolute Gasteiger partial charge is 0.422 e. The third-order valence-corrected chi connectivity index (χ3v) is 4.52. The van der Waals surface area contributed by atoms with E-state index in [1.54, 1.807) is 18.2 Å². The van der Waals surface area contributed by atoms with Crippen LogP contribution in [0.4, 0.5) is 18.9 Å². The van der Waals surface area contributed by atoms with E-state index in [1.165, 1.54) is 18.2 Å². The number of halogens is 4. The van der Waals surface area contributed by atoms with Crippen molar-refractivity contribution >= 4 is 23.2 Å². The maximum atomic E-state index is 12.7. The molecule has 0 unspecified atom stereocenters. The van der Waals surface area contributed by atoms with Crippen molar-refractivity contribution in [2.45, 2.75) is 12.7 Å². The third-order valence-electron chi connectivity index (χ3n) is 4.28. The molecule has 0 spiro atoms. The van der Waals surface area contributed by atoms with Crippen LogP contribution in [-0.4, -0.2) is 49.9 Å². The van der Waals surface area contributed by atoms with Crippen LogP contribution in [-0.2, 0) is 11.3 Å². The summed E-state index contributed by atoms with van der Waals surface area (Å²) in [5.41, 5.74) is 1.42. The van der Waals surface area contributed by atoms with Crippen molar-refractivity contribution in [2.75, 3.05) is 38.2 Å². The van der Waals surface area contributed by atoms with Crippen LogP contribution in [0, 0.1) is 0 Å². The Bertz CT molecular complexity index is 855. The van der Waals surface area contributed by atoms with Crippen LogP contribution in [0.25, 0.3) is 0 Å². The molecule has 0 aliphatic carbocycles. The largest absolute Gasteiger partial charge is 0.482 e. The van der Waals surface area contributed by atoms with Crippen molar-refractivity contribution in [2.24, 2.45) is 0 Å². The van der Waals surface area contributed by atoms with Gasteiger partial charge < -0.3 is 14.8 Å². The Kier molecular flexibility index (Phi) is 7.00. The maximum Gasteiger partial charge on any atom is 0.422 e. The van der Waals surface area contributed by atoms with Gasteiger partial charge in [0.25, 0.3) is 5.91 Å². The Labute approximate surface area is 171 Å². The topological polar surface area (TPSA) is 50.8 Å². The highest BCUT2D eigenvalue weighted by Crippen LogP contribution is 2.30. The van der Waals surface area contributed by atoms with E-state index < -0.39 is 18.7 Å². The zero-order valence-corrected chi connectivity index (χ0v) is 16.2. The van der Waals surface area contributed by atoms with Crippen LogP contribution in [0.15, 0.2) is 42.5 Å². The van der Waals surface area contributed by atoms with E-state index in [9.17, 15) is 18.0 Å². The van der Waals surface area contributed by atoms with Gasteiger partial charge in [-0.15, -0.1) is 0 Å². The lowest BCUT2D eigenvalue weighted by molar-refractivity contribution is -0.153. The molecule has 3 rings (SSSR count). The molecule has 1 amide bonds. The quantitative estimate of drug-likeness (QED) is 0.742. The van der Waals surface area contributed by atoms with E-state index in [1.807, 2.05) is 6.07 Å². The zero-order chi connectivity index (χ0) is 20.9. The predicted molar refractivity (Wildman–Crippen MR) is 103 cm³/mol. The minimum absolute atomic E-state index is 0.0744. The molecule has 0 atom stereocenters. The fraction of sp³-hybridized carbons (Fsp3) is 0.350. The van der Waals surface area contributed by atoms with E-state index in [2.05, 4.69) is 10.2 Å². The van der Waals surface area contributed by atoms with Gasteiger partial charge in [-0.05, 0) is 35.9 Å². The van der Waals surface area contributed by atoms with Crippen LogP contribution >= 0.6 is 11.6 Å². The monoisotopic (exact) mass is 428 g/mol. The van der Waals surface area contributed by atoms with Crippen molar-refractivity contribution in [1.82, 2.24) is 4.90 Å². The number of nitrogens with zero attached hydrogens (tertiary/aromatic N) is 1. The lowest BCUT2D eigenvalue weighted by Gasteiger charge is -2.26. The number of hydrogen-bond donors (Lipinski definition) is 1. The van der Waals surface area contributed by atoms with E-state index in [0.717, 1.165) is 18.7 Å². The molecular formula is C20H20ClF3N2O3. The molecule has 1 fully saturated rings. The first-order chi connectivity index (χ1) is 13.8. The highest BCUT2D eigenvalue weighted by atomic mass is 35.5. The van der Waals surface area contributed by atoms with Gasteiger partial charge in [0, 0.05) is 30.2 Å². The first-order valence-corrected chi connectivity index (χ1v) is 9.37. The average molecular weight is 429 g/mol. The Morgan fingerprint density at radius 3 is 2.66 bits per heavy atom. The summed E-state index contributed by atoms with van der Waals surface area (Å²) in [6.45, 7) is 2.21. The summed E-state index contributed by atoms with van der Waals surface area (Å²) in [7, 11) is 0. The minimum atomic E-state index is -4.49. The molecule has 0 bridgehead atoms. The summed E-state index contributed by atoms with van der Waals surface area (Å²) < 4.78 is 47.5. The lowest BCUT2D eigenvalue weighted by Crippen LogP contribution is -2.35. The van der Waals surface area contributed by atoms with Gasteiger partial charge in [-0.1, -0.05) is 23.7 Å². The number of alkyl halides is 3. The fourth-order valence-electron chi connectivity index (χ4n) is 2.91. The lowest BCUT2D eigenvalue weighted by atomic mass is 10.1. The molecular weight excluding hydrogens is 409 g/mol. The van der Waals surface area contributed by atoms with Gasteiger partial charge in [-0.3, -0.25) is 9.69 Å². The van der Waals surface area contributed by atoms with Gasteiger partial charge in [-0.25, -0.2) is 0 Å². The number of carbonyl (C=O) groups excluding carboxylic acids is 1. The number of anilines is 1. The highest BCUT2D eigenvalue weighted by molar-refractivity contribution is 6.31. The maximum absolute atomic E-state index is 12.7. The van der Waals surface area contributed by atoms with Crippen LogP contribution < -0.4 is 10.1 Å². The van der Waals surface area contributed by atoms with E-state index in [0.29, 0.717) is 25.3 Å². The summed E-state index contributed by atoms with van der Waals surface area (Å²) in [5.74, 6) is -0.572. The SMILES string of the molecule is O=C(Nc1cc(Cl)ccc1OCC(F)(F)F)c1cccc(CN2CCOCC2)c1. The van der Waals surface area contributed by atoms with Crippen LogP contribution in [0.3, 0.4) is 0 Å². The second-order valence-electron chi connectivity index (χ2n) is 6.59. The van der Waals surface area contributed by atoms with Gasteiger partial charge in [-0.2, -0.15) is 13.2 Å². The molecule has 1 saturated heterocycles.